The average molecular weight is 511 g/mol. The Kier molecular flexibility index (Phi) is 7.24. The molecule has 0 saturated carbocycles. The maximum Gasteiger partial charge on any atom is 0.413 e. The second kappa shape index (κ2) is 10.9. The summed E-state index contributed by atoms with van der Waals surface area (Å²) in [5.41, 5.74) is 5.22. The van der Waals surface area contributed by atoms with E-state index >= 15 is 0 Å². The van der Waals surface area contributed by atoms with Crippen LogP contribution in [0.1, 0.15) is 12.8 Å². The number of carbonyl (C=O) groups excluding carboxylic acids is 1. The molecule has 38 heavy (non-hydrogen) atoms. The minimum Gasteiger partial charge on any atom is -0.475 e. The largest absolute Gasteiger partial charge is 0.475 e. The topological polar surface area (TPSA) is 76.6 Å². The van der Waals surface area contributed by atoms with Crippen molar-refractivity contribution in [2.45, 2.75) is 12.8 Å². The number of likely N-dealkylation sites (tertiary alicyclic amines) is 1. The number of hydrogen-bond acceptors (Lipinski definition) is 6. The van der Waals surface area contributed by atoms with E-state index in [9.17, 15) is 4.79 Å². The van der Waals surface area contributed by atoms with Gasteiger partial charge in [0.05, 0.1) is 31.7 Å². The molecular formula is C29H30N6O3. The van der Waals surface area contributed by atoms with Gasteiger partial charge in [-0.2, -0.15) is 0 Å². The molecule has 0 radical (unpaired) electrons. The molecule has 3 heterocycles. The Labute approximate surface area is 222 Å². The molecule has 2 aromatic heterocycles. The van der Waals surface area contributed by atoms with Gasteiger partial charge in [-0.15, -0.1) is 0 Å². The zero-order chi connectivity index (χ0) is 26.6. The fourth-order valence-corrected chi connectivity index (χ4v) is 4.92. The van der Waals surface area contributed by atoms with Crippen LogP contribution in [0.2, 0.25) is 0 Å². The molecule has 2 aromatic carbocycles. The predicted molar refractivity (Wildman–Crippen MR) is 147 cm³/mol. The van der Waals surface area contributed by atoms with Crippen LogP contribution < -0.4 is 9.64 Å². The van der Waals surface area contributed by atoms with Crippen LogP contribution in [0.5, 0.6) is 5.88 Å². The van der Waals surface area contributed by atoms with Crippen LogP contribution in [0, 0.1) is 12.5 Å². The molecule has 0 aliphatic carbocycles. The molecule has 1 aliphatic heterocycles. The normalized spacial score (nSPS) is 15.7. The lowest BCUT2D eigenvalue weighted by molar-refractivity contribution is 0.148. The number of amides is 1. The van der Waals surface area contributed by atoms with Crippen molar-refractivity contribution < 1.29 is 14.3 Å². The summed E-state index contributed by atoms with van der Waals surface area (Å²) in [4.78, 5) is 28.9. The molecule has 1 fully saturated rings. The Morgan fingerprint density at radius 1 is 1.16 bits per heavy atom. The summed E-state index contributed by atoms with van der Waals surface area (Å²) in [7, 11) is 5.17. The quantitative estimate of drug-likeness (QED) is 0.317. The molecule has 0 spiro atoms. The molecule has 1 atom stereocenters. The van der Waals surface area contributed by atoms with Crippen LogP contribution in [0.25, 0.3) is 33.0 Å². The van der Waals surface area contributed by atoms with Crippen molar-refractivity contribution in [1.29, 1.82) is 0 Å². The molecule has 0 bridgehead atoms. The van der Waals surface area contributed by atoms with E-state index in [0.717, 1.165) is 48.4 Å². The van der Waals surface area contributed by atoms with Crippen molar-refractivity contribution in [2.24, 2.45) is 5.92 Å². The molecule has 194 valence electrons. The van der Waals surface area contributed by atoms with Crippen molar-refractivity contribution in [1.82, 2.24) is 19.3 Å². The summed E-state index contributed by atoms with van der Waals surface area (Å²) in [6.07, 6.45) is 5.49. The number of rotatable bonds is 6. The van der Waals surface area contributed by atoms with Crippen molar-refractivity contribution in [2.75, 3.05) is 45.8 Å². The monoisotopic (exact) mass is 510 g/mol. The highest BCUT2D eigenvalue weighted by Crippen LogP contribution is 2.36. The van der Waals surface area contributed by atoms with E-state index in [0.29, 0.717) is 35.4 Å². The molecule has 4 aromatic rings. The highest BCUT2D eigenvalue weighted by Gasteiger charge is 2.22. The molecule has 1 amide bonds. The summed E-state index contributed by atoms with van der Waals surface area (Å²) >= 11 is 0. The van der Waals surface area contributed by atoms with Crippen LogP contribution in [-0.4, -0.2) is 66.3 Å². The van der Waals surface area contributed by atoms with Gasteiger partial charge in [0.15, 0.2) is 5.69 Å². The Morgan fingerprint density at radius 3 is 2.58 bits per heavy atom. The number of fused-ring (bicyclic) bond motifs is 1. The lowest BCUT2D eigenvalue weighted by atomic mass is 10.00. The second-order valence-electron chi connectivity index (χ2n) is 9.55. The number of methoxy groups -OCH3 is 1. The third-order valence-electron chi connectivity index (χ3n) is 6.93. The Balaban J connectivity index is 1.58. The summed E-state index contributed by atoms with van der Waals surface area (Å²) in [6, 6.07) is 15.0. The van der Waals surface area contributed by atoms with Crippen LogP contribution >= 0.6 is 0 Å². The lowest BCUT2D eigenvalue weighted by Gasteiger charge is -2.29. The smallest absolute Gasteiger partial charge is 0.413 e. The lowest BCUT2D eigenvalue weighted by Crippen LogP contribution is -2.34. The predicted octanol–water partition coefficient (Wildman–Crippen LogP) is 5.54. The Bertz CT molecular complexity index is 1470. The van der Waals surface area contributed by atoms with Gasteiger partial charge in [-0.05, 0) is 44.1 Å². The van der Waals surface area contributed by atoms with Crippen LogP contribution in [0.15, 0.2) is 60.9 Å². The number of carbonyl (C=O) groups is 1. The van der Waals surface area contributed by atoms with Crippen molar-refractivity contribution in [3.05, 3.63) is 72.3 Å². The number of ether oxygens (including phenoxy) is 2. The van der Waals surface area contributed by atoms with Gasteiger partial charge >= 0.3 is 6.09 Å². The number of nitrogens with zero attached hydrogens (tertiary/aromatic N) is 6. The van der Waals surface area contributed by atoms with E-state index in [1.807, 2.05) is 47.0 Å². The highest BCUT2D eigenvalue weighted by molar-refractivity contribution is 5.88. The molecule has 0 N–H and O–H groups in total. The third kappa shape index (κ3) is 5.04. The molecule has 1 aliphatic rings. The summed E-state index contributed by atoms with van der Waals surface area (Å²) < 4.78 is 13.2. The van der Waals surface area contributed by atoms with E-state index in [-0.39, 0.29) is 0 Å². The van der Waals surface area contributed by atoms with Crippen LogP contribution in [-0.2, 0) is 4.74 Å². The minimum atomic E-state index is -0.442. The van der Waals surface area contributed by atoms with E-state index in [1.54, 1.807) is 25.4 Å². The zero-order valence-corrected chi connectivity index (χ0v) is 21.8. The van der Waals surface area contributed by atoms with E-state index in [4.69, 9.17) is 21.0 Å². The van der Waals surface area contributed by atoms with Gasteiger partial charge in [-0.3, -0.25) is 9.30 Å². The fourth-order valence-electron chi connectivity index (χ4n) is 4.92. The van der Waals surface area contributed by atoms with Gasteiger partial charge < -0.3 is 14.4 Å². The van der Waals surface area contributed by atoms with Gasteiger partial charge in [0.1, 0.15) is 0 Å². The second-order valence-corrected chi connectivity index (χ2v) is 9.55. The molecule has 9 heteroatoms. The zero-order valence-electron chi connectivity index (χ0n) is 21.8. The number of aromatic nitrogens is 3. The Morgan fingerprint density at radius 2 is 1.89 bits per heavy atom. The minimum absolute atomic E-state index is 0.436. The Hall–Kier alpha value is -4.42. The number of anilines is 1. The molecule has 1 saturated heterocycles. The van der Waals surface area contributed by atoms with Gasteiger partial charge in [-0.25, -0.2) is 19.6 Å². The van der Waals surface area contributed by atoms with Crippen molar-refractivity contribution in [3.63, 3.8) is 0 Å². The van der Waals surface area contributed by atoms with E-state index in [1.165, 1.54) is 12.0 Å². The summed E-state index contributed by atoms with van der Waals surface area (Å²) in [6.45, 7) is 10.0. The maximum absolute atomic E-state index is 12.0. The molecule has 0 unspecified atom stereocenters. The van der Waals surface area contributed by atoms with Gasteiger partial charge in [-0.1, -0.05) is 36.4 Å². The third-order valence-corrected chi connectivity index (χ3v) is 6.93. The number of imidazole rings is 1. The first-order valence-electron chi connectivity index (χ1n) is 12.6. The van der Waals surface area contributed by atoms with Gasteiger partial charge in [0, 0.05) is 43.2 Å². The van der Waals surface area contributed by atoms with Gasteiger partial charge in [0.25, 0.3) is 5.88 Å². The standard InChI is InChI=1S/C29H30N6O3/c1-30-23-11-7-21(8-12-23)25-26(22-9-13-24(14-10-22)34(3)29(36)37-4)35-17-15-31-27(35)28(32-25)38-19-20-6-5-16-33(2)18-20/h7-15,17,20H,5-6,16,18-19H2,2-4H3/t20-/m1/s1. The fraction of sp³-hybridized carbons (Fsp3) is 0.310. The van der Waals surface area contributed by atoms with Crippen LogP contribution in [0.3, 0.4) is 0 Å². The first-order valence-corrected chi connectivity index (χ1v) is 12.6. The van der Waals surface area contributed by atoms with Gasteiger partial charge in [0.2, 0.25) is 5.65 Å². The summed E-state index contributed by atoms with van der Waals surface area (Å²) in [5, 5.41) is 0. The van der Waals surface area contributed by atoms with Crippen LogP contribution in [0.4, 0.5) is 16.2 Å². The number of benzene rings is 2. The van der Waals surface area contributed by atoms with E-state index in [2.05, 4.69) is 21.8 Å². The number of piperidine rings is 1. The maximum atomic E-state index is 12.0. The summed E-state index contributed by atoms with van der Waals surface area (Å²) in [5.74, 6) is 0.921. The number of hydrogen-bond donors (Lipinski definition) is 0. The van der Waals surface area contributed by atoms with E-state index < -0.39 is 6.09 Å². The molecule has 5 rings (SSSR count). The van der Waals surface area contributed by atoms with Crippen molar-refractivity contribution >= 4 is 23.1 Å². The molecular weight excluding hydrogens is 480 g/mol. The highest BCUT2D eigenvalue weighted by atomic mass is 16.5. The average Bonchev–Trinajstić information content (AvgIpc) is 3.45. The first-order chi connectivity index (χ1) is 18.5. The van der Waals surface area contributed by atoms with Crippen molar-refractivity contribution in [3.8, 4) is 28.4 Å². The molecule has 9 nitrogen and oxygen atoms in total. The SMILES string of the molecule is [C-]#[N+]c1ccc(-c2nc(OC[C@@H]3CCCN(C)C3)c3nccn3c2-c2ccc(N(C)C(=O)OC)cc2)cc1. The first kappa shape index (κ1) is 25.2.